The minimum Gasteiger partial charge on any atom is -0.396 e. The fourth-order valence-corrected chi connectivity index (χ4v) is 2.34. The smallest absolute Gasteiger partial charge is 0.0477 e. The molecule has 1 aliphatic rings. The van der Waals surface area contributed by atoms with Crippen molar-refractivity contribution in [3.05, 3.63) is 34.9 Å². The molecule has 0 spiro atoms. The Morgan fingerprint density at radius 3 is 2.73 bits per heavy atom. The van der Waals surface area contributed by atoms with Crippen LogP contribution in [0.2, 0.25) is 5.02 Å². The third-order valence-electron chi connectivity index (χ3n) is 3.05. The summed E-state index contributed by atoms with van der Waals surface area (Å²) in [6.45, 7) is 1.28. The summed E-state index contributed by atoms with van der Waals surface area (Å²) in [7, 11) is 0. The Hall–Kier alpha value is -0.570. The quantitative estimate of drug-likeness (QED) is 0.810. The predicted molar refractivity (Wildman–Crippen MR) is 62.0 cm³/mol. The van der Waals surface area contributed by atoms with Crippen LogP contribution >= 0.6 is 11.6 Å². The molecule has 1 heterocycles. The van der Waals surface area contributed by atoms with Crippen LogP contribution in [0.5, 0.6) is 0 Å². The fourth-order valence-electron chi connectivity index (χ4n) is 2.21. The van der Waals surface area contributed by atoms with Gasteiger partial charge in [0, 0.05) is 23.6 Å². The highest BCUT2D eigenvalue weighted by molar-refractivity contribution is 6.30. The van der Waals surface area contributed by atoms with Crippen molar-refractivity contribution in [1.29, 1.82) is 0 Å². The summed E-state index contributed by atoms with van der Waals surface area (Å²) in [5.41, 5.74) is 1.22. The highest BCUT2D eigenvalue weighted by Gasteiger charge is 2.25. The van der Waals surface area contributed by atoms with Gasteiger partial charge in [-0.25, -0.2) is 0 Å². The zero-order chi connectivity index (χ0) is 10.7. The lowest BCUT2D eigenvalue weighted by molar-refractivity contribution is 0.160. The summed E-state index contributed by atoms with van der Waals surface area (Å²) in [6, 6.07) is 8.16. The highest BCUT2D eigenvalue weighted by atomic mass is 35.5. The van der Waals surface area contributed by atoms with Crippen LogP contribution in [0.15, 0.2) is 24.3 Å². The molecule has 2 rings (SSSR count). The minimum atomic E-state index is 0.250. The second kappa shape index (κ2) is 4.97. The maximum Gasteiger partial charge on any atom is 0.0477 e. The van der Waals surface area contributed by atoms with Gasteiger partial charge in [-0.1, -0.05) is 23.7 Å². The Balaban J connectivity index is 2.16. The molecule has 0 amide bonds. The summed E-state index contributed by atoms with van der Waals surface area (Å²) in [6.07, 6.45) is 2.24. The Morgan fingerprint density at radius 2 is 2.07 bits per heavy atom. The van der Waals surface area contributed by atoms with Crippen LogP contribution in [-0.2, 0) is 0 Å². The Labute approximate surface area is 95.3 Å². The number of piperidine rings is 1. The van der Waals surface area contributed by atoms with E-state index in [0.29, 0.717) is 5.92 Å². The van der Waals surface area contributed by atoms with Gasteiger partial charge >= 0.3 is 0 Å². The summed E-state index contributed by atoms with van der Waals surface area (Å²) < 4.78 is 0. The largest absolute Gasteiger partial charge is 0.396 e. The Morgan fingerprint density at radius 1 is 1.33 bits per heavy atom. The van der Waals surface area contributed by atoms with Gasteiger partial charge in [-0.05, 0) is 37.1 Å². The van der Waals surface area contributed by atoms with Crippen molar-refractivity contribution in [2.75, 3.05) is 13.2 Å². The lowest BCUT2D eigenvalue weighted by atomic mass is 9.87. The number of benzene rings is 1. The highest BCUT2D eigenvalue weighted by Crippen LogP contribution is 2.29. The first-order valence-electron chi connectivity index (χ1n) is 5.41. The van der Waals surface area contributed by atoms with Gasteiger partial charge in [-0.3, -0.25) is 0 Å². The lowest BCUT2D eigenvalue weighted by Gasteiger charge is -2.31. The van der Waals surface area contributed by atoms with Crippen LogP contribution in [0.4, 0.5) is 0 Å². The Bertz CT molecular complexity index is 312. The standard InChI is InChI=1S/C12H16ClNO/c13-11-5-3-9(4-6-11)12-10(8-15)2-1-7-14-12/h3-6,10,12,14-15H,1-2,7-8H2. The molecular weight excluding hydrogens is 210 g/mol. The molecule has 2 nitrogen and oxygen atoms in total. The van der Waals surface area contributed by atoms with Gasteiger partial charge in [0.15, 0.2) is 0 Å². The van der Waals surface area contributed by atoms with E-state index in [4.69, 9.17) is 11.6 Å². The monoisotopic (exact) mass is 225 g/mol. The van der Waals surface area contributed by atoms with Crippen molar-refractivity contribution in [3.8, 4) is 0 Å². The van der Waals surface area contributed by atoms with Crippen LogP contribution in [0.3, 0.4) is 0 Å². The molecule has 2 N–H and O–H groups in total. The van der Waals surface area contributed by atoms with Gasteiger partial charge in [0.1, 0.15) is 0 Å². The second-order valence-corrected chi connectivity index (χ2v) is 4.50. The maximum absolute atomic E-state index is 9.31. The van der Waals surface area contributed by atoms with E-state index >= 15 is 0 Å². The van der Waals surface area contributed by atoms with Gasteiger partial charge < -0.3 is 10.4 Å². The van der Waals surface area contributed by atoms with Crippen molar-refractivity contribution >= 4 is 11.6 Å². The molecule has 1 aliphatic heterocycles. The van der Waals surface area contributed by atoms with Crippen molar-refractivity contribution in [2.45, 2.75) is 18.9 Å². The average Bonchev–Trinajstić information content (AvgIpc) is 2.30. The molecule has 0 bridgehead atoms. The minimum absolute atomic E-state index is 0.250. The molecule has 2 unspecified atom stereocenters. The van der Waals surface area contributed by atoms with E-state index < -0.39 is 0 Å². The molecule has 0 aromatic heterocycles. The molecule has 2 atom stereocenters. The van der Waals surface area contributed by atoms with Gasteiger partial charge in [-0.15, -0.1) is 0 Å². The predicted octanol–water partition coefficient (Wildman–Crippen LogP) is 2.37. The average molecular weight is 226 g/mol. The molecule has 0 aliphatic carbocycles. The van der Waals surface area contributed by atoms with Crippen LogP contribution in [-0.4, -0.2) is 18.3 Å². The third-order valence-corrected chi connectivity index (χ3v) is 3.30. The van der Waals surface area contributed by atoms with E-state index in [2.05, 4.69) is 5.32 Å². The fraction of sp³-hybridized carbons (Fsp3) is 0.500. The molecule has 1 aromatic rings. The number of halogens is 1. The van der Waals surface area contributed by atoms with E-state index in [1.54, 1.807) is 0 Å². The zero-order valence-corrected chi connectivity index (χ0v) is 9.37. The first-order valence-corrected chi connectivity index (χ1v) is 5.79. The van der Waals surface area contributed by atoms with Gasteiger partial charge in [0.2, 0.25) is 0 Å². The number of nitrogens with one attached hydrogen (secondary N) is 1. The molecule has 0 saturated carbocycles. The van der Waals surface area contributed by atoms with Gasteiger partial charge in [0.05, 0.1) is 0 Å². The zero-order valence-electron chi connectivity index (χ0n) is 8.62. The number of aliphatic hydroxyl groups is 1. The third kappa shape index (κ3) is 2.51. The summed E-state index contributed by atoms with van der Waals surface area (Å²) in [5.74, 6) is 0.333. The first-order chi connectivity index (χ1) is 7.31. The molecule has 15 heavy (non-hydrogen) atoms. The lowest BCUT2D eigenvalue weighted by Crippen LogP contribution is -2.35. The number of hydrogen-bond donors (Lipinski definition) is 2. The number of rotatable bonds is 2. The first kappa shape index (κ1) is 10.9. The SMILES string of the molecule is OCC1CCCNC1c1ccc(Cl)cc1. The summed E-state index contributed by atoms with van der Waals surface area (Å²) in [4.78, 5) is 0. The van der Waals surface area contributed by atoms with Gasteiger partial charge in [-0.2, -0.15) is 0 Å². The number of hydrogen-bond acceptors (Lipinski definition) is 2. The van der Waals surface area contributed by atoms with Crippen molar-refractivity contribution in [3.63, 3.8) is 0 Å². The van der Waals surface area contributed by atoms with E-state index in [-0.39, 0.29) is 12.6 Å². The maximum atomic E-state index is 9.31. The summed E-state index contributed by atoms with van der Waals surface area (Å²) in [5, 5.41) is 13.5. The Kier molecular flexibility index (Phi) is 3.62. The van der Waals surface area contributed by atoms with E-state index in [9.17, 15) is 5.11 Å². The van der Waals surface area contributed by atoms with Crippen LogP contribution in [0.1, 0.15) is 24.4 Å². The van der Waals surface area contributed by atoms with Crippen LogP contribution in [0.25, 0.3) is 0 Å². The topological polar surface area (TPSA) is 32.3 Å². The van der Waals surface area contributed by atoms with Crippen molar-refractivity contribution < 1.29 is 5.11 Å². The molecule has 82 valence electrons. The molecule has 0 radical (unpaired) electrons. The van der Waals surface area contributed by atoms with Crippen molar-refractivity contribution in [2.24, 2.45) is 5.92 Å². The van der Waals surface area contributed by atoms with Gasteiger partial charge in [0.25, 0.3) is 0 Å². The normalized spacial score (nSPS) is 26.5. The summed E-state index contributed by atoms with van der Waals surface area (Å²) >= 11 is 5.85. The molecule has 1 aromatic carbocycles. The van der Waals surface area contributed by atoms with E-state index in [1.807, 2.05) is 24.3 Å². The molecule has 1 fully saturated rings. The van der Waals surface area contributed by atoms with E-state index in [1.165, 1.54) is 5.56 Å². The van der Waals surface area contributed by atoms with Crippen LogP contribution in [0, 0.1) is 5.92 Å². The number of aliphatic hydroxyl groups excluding tert-OH is 1. The van der Waals surface area contributed by atoms with Crippen molar-refractivity contribution in [1.82, 2.24) is 5.32 Å². The molecule has 3 heteroatoms. The van der Waals surface area contributed by atoms with Crippen LogP contribution < -0.4 is 5.32 Å². The van der Waals surface area contributed by atoms with E-state index in [0.717, 1.165) is 24.4 Å². The molecule has 1 saturated heterocycles. The molecular formula is C12H16ClNO. The second-order valence-electron chi connectivity index (χ2n) is 4.07.